The highest BCUT2D eigenvalue weighted by molar-refractivity contribution is 5.90. The van der Waals surface area contributed by atoms with Crippen molar-refractivity contribution >= 4 is 17.2 Å². The van der Waals surface area contributed by atoms with Gasteiger partial charge in [0, 0.05) is 12.1 Å². The first-order valence-corrected chi connectivity index (χ1v) is 5.98. The fourth-order valence-electron chi connectivity index (χ4n) is 1.81. The Bertz CT molecular complexity index is 573. The number of aliphatic carboxylic acids is 1. The molecule has 0 saturated heterocycles. The number of hydrogen-bond acceptors (Lipinski definition) is 3. The fourth-order valence-corrected chi connectivity index (χ4v) is 1.81. The van der Waals surface area contributed by atoms with Gasteiger partial charge in [0.2, 0.25) is 5.82 Å². The molecule has 108 valence electrons. The lowest BCUT2D eigenvalue weighted by atomic mass is 9.85. The standard InChI is InChI=1S/C14H16FNO4/c1-14(2,3)8-10(7-13(17)18)9-4-5-11(15)12(6-9)16(19)20/h4-7H,8H2,1-3H3,(H,17,18)/b10-7+. The Labute approximate surface area is 115 Å². The molecule has 0 radical (unpaired) electrons. The van der Waals surface area contributed by atoms with Crippen LogP contribution in [0.2, 0.25) is 0 Å². The molecule has 0 unspecified atom stereocenters. The van der Waals surface area contributed by atoms with Crippen molar-refractivity contribution in [3.05, 3.63) is 45.8 Å². The van der Waals surface area contributed by atoms with E-state index in [9.17, 15) is 19.3 Å². The molecule has 5 nitrogen and oxygen atoms in total. The summed E-state index contributed by atoms with van der Waals surface area (Å²) in [6.45, 7) is 5.75. The molecule has 0 aliphatic carbocycles. The van der Waals surface area contributed by atoms with Crippen LogP contribution in [0.1, 0.15) is 32.8 Å². The van der Waals surface area contributed by atoms with Crippen LogP contribution in [-0.2, 0) is 4.79 Å². The molecule has 0 fully saturated rings. The molecule has 20 heavy (non-hydrogen) atoms. The number of carboxylic acids is 1. The van der Waals surface area contributed by atoms with Crippen molar-refractivity contribution < 1.29 is 19.2 Å². The van der Waals surface area contributed by atoms with Gasteiger partial charge in [-0.25, -0.2) is 4.79 Å². The molecular weight excluding hydrogens is 265 g/mol. The Kier molecular flexibility index (Phi) is 4.60. The highest BCUT2D eigenvalue weighted by Gasteiger charge is 2.20. The number of nitro groups is 1. The van der Waals surface area contributed by atoms with Crippen LogP contribution in [-0.4, -0.2) is 16.0 Å². The Hall–Kier alpha value is -2.24. The van der Waals surface area contributed by atoms with Crippen LogP contribution >= 0.6 is 0 Å². The summed E-state index contributed by atoms with van der Waals surface area (Å²) in [4.78, 5) is 20.8. The second-order valence-corrected chi connectivity index (χ2v) is 5.67. The number of nitrogens with zero attached hydrogens (tertiary/aromatic N) is 1. The number of benzene rings is 1. The summed E-state index contributed by atoms with van der Waals surface area (Å²) in [7, 11) is 0. The van der Waals surface area contributed by atoms with Crippen molar-refractivity contribution in [2.75, 3.05) is 0 Å². The lowest BCUT2D eigenvalue weighted by molar-refractivity contribution is -0.387. The zero-order chi connectivity index (χ0) is 15.5. The Morgan fingerprint density at radius 3 is 2.50 bits per heavy atom. The van der Waals surface area contributed by atoms with Crippen molar-refractivity contribution in [2.24, 2.45) is 5.41 Å². The van der Waals surface area contributed by atoms with Crippen molar-refractivity contribution in [3.63, 3.8) is 0 Å². The number of hydrogen-bond donors (Lipinski definition) is 1. The molecule has 0 saturated carbocycles. The number of carboxylic acid groups (broad SMARTS) is 1. The average molecular weight is 281 g/mol. The molecule has 0 amide bonds. The molecule has 1 N–H and O–H groups in total. The van der Waals surface area contributed by atoms with Crippen LogP contribution in [0.3, 0.4) is 0 Å². The predicted octanol–water partition coefficient (Wildman–Crippen LogP) is 3.64. The van der Waals surface area contributed by atoms with Gasteiger partial charge >= 0.3 is 11.7 Å². The number of carbonyl (C=O) groups is 1. The number of allylic oxidation sites excluding steroid dienone is 1. The first-order valence-electron chi connectivity index (χ1n) is 5.98. The molecule has 1 aromatic carbocycles. The van der Waals surface area contributed by atoms with Crippen LogP contribution in [0.5, 0.6) is 0 Å². The summed E-state index contributed by atoms with van der Waals surface area (Å²) >= 11 is 0. The third kappa shape index (κ3) is 4.46. The molecule has 0 aliphatic rings. The van der Waals surface area contributed by atoms with Gasteiger partial charge in [-0.3, -0.25) is 10.1 Å². The van der Waals surface area contributed by atoms with Gasteiger partial charge in [-0.05, 0) is 29.0 Å². The van der Waals surface area contributed by atoms with Crippen LogP contribution in [0.15, 0.2) is 24.3 Å². The van der Waals surface area contributed by atoms with Gasteiger partial charge in [0.1, 0.15) is 0 Å². The lowest BCUT2D eigenvalue weighted by Gasteiger charge is -2.20. The van der Waals surface area contributed by atoms with E-state index in [-0.39, 0.29) is 5.41 Å². The van der Waals surface area contributed by atoms with Crippen LogP contribution < -0.4 is 0 Å². The van der Waals surface area contributed by atoms with Gasteiger partial charge in [0.05, 0.1) is 4.92 Å². The molecule has 1 aromatic rings. The molecule has 1 rings (SSSR count). The minimum absolute atomic E-state index is 0.204. The van der Waals surface area contributed by atoms with Gasteiger partial charge < -0.3 is 5.11 Å². The molecule has 0 bridgehead atoms. The summed E-state index contributed by atoms with van der Waals surface area (Å²) in [5.41, 5.74) is -0.0963. The SMILES string of the molecule is CC(C)(C)C/C(=C\C(=O)O)c1ccc(F)c([N+](=O)[O-])c1. The van der Waals surface area contributed by atoms with Crippen molar-refractivity contribution in [1.29, 1.82) is 0 Å². The maximum Gasteiger partial charge on any atom is 0.328 e. The quantitative estimate of drug-likeness (QED) is 0.519. The van der Waals surface area contributed by atoms with Crippen LogP contribution in [0.25, 0.3) is 5.57 Å². The van der Waals surface area contributed by atoms with E-state index >= 15 is 0 Å². The second-order valence-electron chi connectivity index (χ2n) is 5.67. The average Bonchev–Trinajstić information content (AvgIpc) is 2.25. The van der Waals surface area contributed by atoms with E-state index in [2.05, 4.69) is 0 Å². The van der Waals surface area contributed by atoms with Crippen LogP contribution in [0.4, 0.5) is 10.1 Å². The first-order chi connectivity index (χ1) is 9.10. The third-order valence-corrected chi connectivity index (χ3v) is 2.53. The minimum Gasteiger partial charge on any atom is -0.478 e. The van der Waals surface area contributed by atoms with E-state index in [0.717, 1.165) is 18.2 Å². The molecule has 6 heteroatoms. The third-order valence-electron chi connectivity index (χ3n) is 2.53. The summed E-state index contributed by atoms with van der Waals surface area (Å²) < 4.78 is 13.3. The maximum absolute atomic E-state index is 13.3. The Morgan fingerprint density at radius 2 is 2.05 bits per heavy atom. The van der Waals surface area contributed by atoms with Gasteiger partial charge in [0.15, 0.2) is 0 Å². The van der Waals surface area contributed by atoms with Gasteiger partial charge in [-0.1, -0.05) is 26.8 Å². The molecule has 0 atom stereocenters. The maximum atomic E-state index is 13.3. The monoisotopic (exact) mass is 281 g/mol. The zero-order valence-corrected chi connectivity index (χ0v) is 11.5. The number of halogens is 1. The highest BCUT2D eigenvalue weighted by Crippen LogP contribution is 2.32. The lowest BCUT2D eigenvalue weighted by Crippen LogP contribution is -2.07. The van der Waals surface area contributed by atoms with Crippen molar-refractivity contribution in [3.8, 4) is 0 Å². The summed E-state index contributed by atoms with van der Waals surface area (Å²) in [6, 6.07) is 3.39. The molecule has 0 aliphatic heterocycles. The molecular formula is C14H16FNO4. The summed E-state index contributed by atoms with van der Waals surface area (Å²) in [6.07, 6.45) is 1.41. The van der Waals surface area contributed by atoms with E-state index in [1.54, 1.807) is 0 Å². The smallest absolute Gasteiger partial charge is 0.328 e. The van der Waals surface area contributed by atoms with E-state index in [1.807, 2.05) is 20.8 Å². The molecule has 0 aromatic heterocycles. The first kappa shape index (κ1) is 15.8. The molecule has 0 spiro atoms. The number of rotatable bonds is 4. The van der Waals surface area contributed by atoms with Crippen molar-refractivity contribution in [1.82, 2.24) is 0 Å². The van der Waals surface area contributed by atoms with E-state index in [1.165, 1.54) is 6.07 Å². The molecule has 0 heterocycles. The number of nitro benzene ring substituents is 1. The van der Waals surface area contributed by atoms with Gasteiger partial charge in [0.25, 0.3) is 0 Å². The summed E-state index contributed by atoms with van der Waals surface area (Å²) in [5, 5.41) is 19.6. The second kappa shape index (κ2) is 5.81. The normalized spacial score (nSPS) is 12.3. The minimum atomic E-state index is -1.14. The van der Waals surface area contributed by atoms with E-state index in [0.29, 0.717) is 17.6 Å². The topological polar surface area (TPSA) is 80.4 Å². The highest BCUT2D eigenvalue weighted by atomic mass is 19.1. The zero-order valence-electron chi connectivity index (χ0n) is 11.5. The van der Waals surface area contributed by atoms with E-state index in [4.69, 9.17) is 5.11 Å². The van der Waals surface area contributed by atoms with Gasteiger partial charge in [-0.2, -0.15) is 4.39 Å². The largest absolute Gasteiger partial charge is 0.478 e. The summed E-state index contributed by atoms with van der Waals surface area (Å²) in [5.74, 6) is -2.08. The Balaban J connectivity index is 3.32. The van der Waals surface area contributed by atoms with Gasteiger partial charge in [-0.15, -0.1) is 0 Å². The van der Waals surface area contributed by atoms with E-state index < -0.39 is 22.4 Å². The van der Waals surface area contributed by atoms with Crippen LogP contribution in [0, 0.1) is 21.3 Å². The fraction of sp³-hybridized carbons (Fsp3) is 0.357. The van der Waals surface area contributed by atoms with Crippen molar-refractivity contribution in [2.45, 2.75) is 27.2 Å². The predicted molar refractivity (Wildman–Crippen MR) is 72.7 cm³/mol. The Morgan fingerprint density at radius 1 is 1.45 bits per heavy atom.